The van der Waals surface area contributed by atoms with Gasteiger partial charge in [0.1, 0.15) is 0 Å². The van der Waals surface area contributed by atoms with Crippen LogP contribution in [0.2, 0.25) is 0 Å². The smallest absolute Gasteiger partial charge is 0.170 e. The molecule has 0 aliphatic heterocycles. The molecule has 1 rings (SSSR count). The lowest BCUT2D eigenvalue weighted by Crippen LogP contribution is -2.34. The Balaban J connectivity index is 2.82. The molecule has 0 saturated heterocycles. The van der Waals surface area contributed by atoms with Crippen molar-refractivity contribution >= 4 is 5.84 Å². The third-order valence-corrected chi connectivity index (χ3v) is 3.51. The maximum absolute atomic E-state index is 8.74. The predicted octanol–water partition coefficient (Wildman–Crippen LogP) is 2.03. The van der Waals surface area contributed by atoms with E-state index >= 15 is 0 Å². The Labute approximate surface area is 121 Å². The molecule has 20 heavy (non-hydrogen) atoms. The first kappa shape index (κ1) is 16.5. The van der Waals surface area contributed by atoms with Crippen LogP contribution in [0.15, 0.2) is 29.4 Å². The molecule has 112 valence electrons. The van der Waals surface area contributed by atoms with Crippen molar-refractivity contribution in [1.29, 1.82) is 0 Å². The van der Waals surface area contributed by atoms with Crippen molar-refractivity contribution in [2.45, 2.75) is 32.9 Å². The summed E-state index contributed by atoms with van der Waals surface area (Å²) in [5.74, 6) is 0.138. The fraction of sp³-hybridized carbons (Fsp3) is 0.533. The van der Waals surface area contributed by atoms with Gasteiger partial charge >= 0.3 is 0 Å². The van der Waals surface area contributed by atoms with Crippen LogP contribution in [0.3, 0.4) is 0 Å². The Bertz CT molecular complexity index is 435. The lowest BCUT2D eigenvalue weighted by molar-refractivity contribution is 0.118. The Hall–Kier alpha value is -1.59. The highest BCUT2D eigenvalue weighted by Crippen LogP contribution is 2.12. The first-order valence-electron chi connectivity index (χ1n) is 6.92. The molecule has 0 saturated carbocycles. The normalized spacial score (nSPS) is 13.7. The van der Waals surface area contributed by atoms with E-state index in [1.807, 2.05) is 18.2 Å². The molecule has 1 aromatic rings. The maximum atomic E-state index is 8.74. The zero-order valence-corrected chi connectivity index (χ0v) is 12.5. The standard InChI is InChI=1S/C15H25N3O2/c1-4-12(2)18(8-9-20-3)11-13-6-5-7-14(10-13)15(16)17-19/h5-7,10,12,19H,4,8-9,11H2,1-3H3,(H2,16,17). The minimum absolute atomic E-state index is 0.138. The Kier molecular flexibility index (Phi) is 7.04. The number of benzene rings is 1. The molecule has 1 atom stereocenters. The van der Waals surface area contributed by atoms with Crippen molar-refractivity contribution in [3.63, 3.8) is 0 Å². The number of amidine groups is 1. The van der Waals surface area contributed by atoms with Crippen LogP contribution in [0.25, 0.3) is 0 Å². The largest absolute Gasteiger partial charge is 0.409 e. The van der Waals surface area contributed by atoms with E-state index in [1.165, 1.54) is 0 Å². The summed E-state index contributed by atoms with van der Waals surface area (Å²) >= 11 is 0. The van der Waals surface area contributed by atoms with Crippen molar-refractivity contribution in [2.24, 2.45) is 10.9 Å². The zero-order chi connectivity index (χ0) is 15.0. The molecule has 0 aliphatic carbocycles. The summed E-state index contributed by atoms with van der Waals surface area (Å²) in [6.07, 6.45) is 1.09. The highest BCUT2D eigenvalue weighted by atomic mass is 16.5. The number of methoxy groups -OCH3 is 1. The second kappa shape index (κ2) is 8.55. The van der Waals surface area contributed by atoms with Crippen LogP contribution in [0.1, 0.15) is 31.4 Å². The zero-order valence-electron chi connectivity index (χ0n) is 12.5. The number of oxime groups is 1. The molecule has 1 unspecified atom stereocenters. The van der Waals surface area contributed by atoms with Crippen LogP contribution in [0.4, 0.5) is 0 Å². The molecule has 1 aromatic carbocycles. The topological polar surface area (TPSA) is 71.1 Å². The highest BCUT2D eigenvalue weighted by molar-refractivity contribution is 5.97. The van der Waals surface area contributed by atoms with Crippen LogP contribution in [-0.2, 0) is 11.3 Å². The molecular formula is C15H25N3O2. The van der Waals surface area contributed by atoms with Crippen LogP contribution in [-0.4, -0.2) is 42.2 Å². The van der Waals surface area contributed by atoms with Crippen molar-refractivity contribution in [3.8, 4) is 0 Å². The monoisotopic (exact) mass is 279 g/mol. The summed E-state index contributed by atoms with van der Waals surface area (Å²) < 4.78 is 5.17. The van der Waals surface area contributed by atoms with Gasteiger partial charge in [0.05, 0.1) is 6.61 Å². The molecule has 0 radical (unpaired) electrons. The number of ether oxygens (including phenoxy) is 1. The molecule has 0 aromatic heterocycles. The molecule has 0 aliphatic rings. The van der Waals surface area contributed by atoms with E-state index in [0.717, 1.165) is 30.6 Å². The van der Waals surface area contributed by atoms with Crippen molar-refractivity contribution in [1.82, 2.24) is 4.90 Å². The number of rotatable bonds is 8. The van der Waals surface area contributed by atoms with Crippen LogP contribution >= 0.6 is 0 Å². The molecule has 3 N–H and O–H groups in total. The van der Waals surface area contributed by atoms with E-state index in [-0.39, 0.29) is 5.84 Å². The van der Waals surface area contributed by atoms with Crippen LogP contribution in [0, 0.1) is 0 Å². The van der Waals surface area contributed by atoms with E-state index in [9.17, 15) is 0 Å². The first-order chi connectivity index (χ1) is 9.62. The Morgan fingerprint density at radius 2 is 2.25 bits per heavy atom. The molecular weight excluding hydrogens is 254 g/mol. The number of hydrogen-bond donors (Lipinski definition) is 2. The van der Waals surface area contributed by atoms with E-state index in [4.69, 9.17) is 15.7 Å². The van der Waals surface area contributed by atoms with Gasteiger partial charge in [-0.15, -0.1) is 0 Å². The average Bonchev–Trinajstić information content (AvgIpc) is 2.50. The molecule has 0 fully saturated rings. The second-order valence-corrected chi connectivity index (χ2v) is 4.91. The molecule has 0 spiro atoms. The molecule has 0 heterocycles. The molecule has 5 nitrogen and oxygen atoms in total. The van der Waals surface area contributed by atoms with E-state index in [2.05, 4.69) is 30.0 Å². The van der Waals surface area contributed by atoms with E-state index in [1.54, 1.807) is 7.11 Å². The minimum atomic E-state index is 0.138. The third-order valence-electron chi connectivity index (χ3n) is 3.51. The van der Waals surface area contributed by atoms with Gasteiger partial charge in [0.25, 0.3) is 0 Å². The summed E-state index contributed by atoms with van der Waals surface area (Å²) in [6.45, 7) is 6.81. The maximum Gasteiger partial charge on any atom is 0.170 e. The Morgan fingerprint density at radius 1 is 1.50 bits per heavy atom. The summed E-state index contributed by atoms with van der Waals surface area (Å²) in [4.78, 5) is 2.37. The van der Waals surface area contributed by atoms with Crippen LogP contribution in [0.5, 0.6) is 0 Å². The van der Waals surface area contributed by atoms with Crippen molar-refractivity contribution in [2.75, 3.05) is 20.3 Å². The van der Waals surface area contributed by atoms with Gasteiger partial charge in [-0.2, -0.15) is 0 Å². The van der Waals surface area contributed by atoms with Gasteiger partial charge in [-0.1, -0.05) is 30.3 Å². The highest BCUT2D eigenvalue weighted by Gasteiger charge is 2.13. The molecule has 5 heteroatoms. The lowest BCUT2D eigenvalue weighted by atomic mass is 10.1. The van der Waals surface area contributed by atoms with Gasteiger partial charge in [-0.05, 0) is 25.0 Å². The van der Waals surface area contributed by atoms with E-state index < -0.39 is 0 Å². The average molecular weight is 279 g/mol. The summed E-state index contributed by atoms with van der Waals surface area (Å²) in [7, 11) is 1.72. The molecule has 0 bridgehead atoms. The number of hydrogen-bond acceptors (Lipinski definition) is 4. The van der Waals surface area contributed by atoms with Gasteiger partial charge in [-0.25, -0.2) is 0 Å². The lowest BCUT2D eigenvalue weighted by Gasteiger charge is -2.28. The fourth-order valence-electron chi connectivity index (χ4n) is 2.04. The van der Waals surface area contributed by atoms with Crippen molar-refractivity contribution in [3.05, 3.63) is 35.4 Å². The summed E-state index contributed by atoms with van der Waals surface area (Å²) in [6, 6.07) is 8.25. The minimum Gasteiger partial charge on any atom is -0.409 e. The predicted molar refractivity (Wildman–Crippen MR) is 81.0 cm³/mol. The fourth-order valence-corrected chi connectivity index (χ4v) is 2.04. The van der Waals surface area contributed by atoms with Gasteiger partial charge in [0, 0.05) is 31.8 Å². The van der Waals surface area contributed by atoms with Crippen LogP contribution < -0.4 is 5.73 Å². The van der Waals surface area contributed by atoms with Crippen molar-refractivity contribution < 1.29 is 9.94 Å². The quantitative estimate of drug-likeness (QED) is 0.330. The van der Waals surface area contributed by atoms with Gasteiger partial charge in [0.2, 0.25) is 0 Å². The van der Waals surface area contributed by atoms with E-state index in [0.29, 0.717) is 12.6 Å². The summed E-state index contributed by atoms with van der Waals surface area (Å²) in [5, 5.41) is 11.8. The van der Waals surface area contributed by atoms with Gasteiger partial charge < -0.3 is 15.7 Å². The SMILES string of the molecule is CCC(C)N(CCOC)Cc1cccc(C(N)=NO)c1. The number of nitrogens with two attached hydrogens (primary N) is 1. The Morgan fingerprint density at radius 3 is 2.85 bits per heavy atom. The first-order valence-corrected chi connectivity index (χ1v) is 6.92. The number of nitrogens with zero attached hydrogens (tertiary/aromatic N) is 2. The third kappa shape index (κ3) is 4.83. The van der Waals surface area contributed by atoms with Gasteiger partial charge in [-0.3, -0.25) is 4.90 Å². The second-order valence-electron chi connectivity index (χ2n) is 4.91. The summed E-state index contributed by atoms with van der Waals surface area (Å²) in [5.41, 5.74) is 7.51. The van der Waals surface area contributed by atoms with Gasteiger partial charge in [0.15, 0.2) is 5.84 Å². The molecule has 0 amide bonds.